The van der Waals surface area contributed by atoms with E-state index < -0.39 is 11.4 Å². The molecule has 37 heavy (non-hydrogen) atoms. The lowest BCUT2D eigenvalue weighted by Crippen LogP contribution is -2.59. The second-order valence-corrected chi connectivity index (χ2v) is 10.7. The summed E-state index contributed by atoms with van der Waals surface area (Å²) in [7, 11) is 0. The first-order valence-electron chi connectivity index (χ1n) is 12.8. The van der Waals surface area contributed by atoms with Crippen LogP contribution in [0.25, 0.3) is 0 Å². The number of halogens is 1. The Morgan fingerprint density at radius 1 is 1.19 bits per heavy atom. The number of nitrogens with zero attached hydrogens (tertiary/aromatic N) is 4. The smallest absolute Gasteiger partial charge is 0.321 e. The molecule has 0 bridgehead atoms. The third-order valence-corrected chi connectivity index (χ3v) is 7.85. The monoisotopic (exact) mass is 514 g/mol. The Morgan fingerprint density at radius 3 is 2.57 bits per heavy atom. The number of hydrogen-bond donors (Lipinski definition) is 2. The number of rotatable bonds is 4. The second-order valence-electron chi connectivity index (χ2n) is 10.7. The summed E-state index contributed by atoms with van der Waals surface area (Å²) in [6.07, 6.45) is 2.22. The molecular formula is C27H39FN6O3. The van der Waals surface area contributed by atoms with E-state index in [2.05, 4.69) is 27.3 Å². The largest absolute Gasteiger partial charge is 0.381 e. The molecule has 2 N–H and O–H groups in total. The Morgan fingerprint density at radius 2 is 1.89 bits per heavy atom. The average molecular weight is 515 g/mol. The molecule has 10 heteroatoms. The van der Waals surface area contributed by atoms with Crippen LogP contribution in [0.3, 0.4) is 0 Å². The molecule has 3 amide bonds. The number of H-pyrrole nitrogens is 1. The van der Waals surface area contributed by atoms with Crippen molar-refractivity contribution in [3.63, 3.8) is 0 Å². The molecule has 4 heterocycles. The van der Waals surface area contributed by atoms with Gasteiger partial charge in [0.15, 0.2) is 5.82 Å². The van der Waals surface area contributed by atoms with Crippen molar-refractivity contribution in [2.45, 2.75) is 59.2 Å². The Labute approximate surface area is 218 Å². The highest BCUT2D eigenvalue weighted by atomic mass is 19.1. The van der Waals surface area contributed by atoms with Crippen LogP contribution in [-0.4, -0.2) is 82.3 Å². The van der Waals surface area contributed by atoms with E-state index >= 15 is 0 Å². The predicted molar refractivity (Wildman–Crippen MR) is 140 cm³/mol. The summed E-state index contributed by atoms with van der Waals surface area (Å²) in [4.78, 5) is 32.7. The van der Waals surface area contributed by atoms with E-state index in [1.807, 2.05) is 23.6 Å². The maximum absolute atomic E-state index is 13.7. The molecule has 1 atom stereocenters. The van der Waals surface area contributed by atoms with Gasteiger partial charge in [-0.3, -0.25) is 14.8 Å². The predicted octanol–water partition coefficient (Wildman–Crippen LogP) is 4.04. The fourth-order valence-electron chi connectivity index (χ4n) is 5.64. The highest BCUT2D eigenvalue weighted by Gasteiger charge is 2.46. The molecule has 5 rings (SSSR count). The number of amides is 3. The third kappa shape index (κ3) is 5.36. The lowest BCUT2D eigenvalue weighted by Gasteiger charge is -2.44. The van der Waals surface area contributed by atoms with Gasteiger partial charge in [-0.1, -0.05) is 7.43 Å². The molecule has 0 aliphatic carbocycles. The molecule has 3 aliphatic heterocycles. The highest BCUT2D eigenvalue weighted by molar-refractivity contribution is 6.04. The van der Waals surface area contributed by atoms with Gasteiger partial charge in [0, 0.05) is 56.6 Å². The van der Waals surface area contributed by atoms with Crippen LogP contribution < -0.4 is 5.32 Å². The number of nitrogens with one attached hydrogen (secondary N) is 2. The van der Waals surface area contributed by atoms with E-state index in [-0.39, 0.29) is 25.4 Å². The number of aromatic nitrogens is 2. The number of hydrogen-bond acceptors (Lipinski definition) is 5. The molecule has 0 saturated carbocycles. The van der Waals surface area contributed by atoms with E-state index in [1.165, 1.54) is 24.3 Å². The summed E-state index contributed by atoms with van der Waals surface area (Å²) in [5.41, 5.74) is 1.36. The molecule has 0 radical (unpaired) electrons. The SMILES string of the molecule is C.C[C@H]1CN(CC2CCOCC2)CCN1C(=O)N1Cc2c(NC(=O)c3ccc(F)cc3)n[nH]c2C1(C)C. The summed E-state index contributed by atoms with van der Waals surface area (Å²) in [5.74, 6) is 0.298. The molecular weight excluding hydrogens is 475 g/mol. The fraction of sp³-hybridized carbons (Fsp3) is 0.593. The quantitative estimate of drug-likeness (QED) is 0.642. The van der Waals surface area contributed by atoms with Gasteiger partial charge in [0.05, 0.1) is 17.8 Å². The van der Waals surface area contributed by atoms with Gasteiger partial charge >= 0.3 is 6.03 Å². The zero-order chi connectivity index (χ0) is 25.4. The summed E-state index contributed by atoms with van der Waals surface area (Å²) in [6, 6.07) is 5.46. The molecule has 202 valence electrons. The molecule has 0 unspecified atom stereocenters. The number of aromatic amines is 1. The zero-order valence-electron chi connectivity index (χ0n) is 21.2. The molecule has 1 aromatic heterocycles. The summed E-state index contributed by atoms with van der Waals surface area (Å²) in [5, 5.41) is 10.2. The molecule has 3 aliphatic rings. The van der Waals surface area contributed by atoms with Gasteiger partial charge in [0.2, 0.25) is 0 Å². The molecule has 2 fully saturated rings. The lowest BCUT2D eigenvalue weighted by molar-refractivity contribution is 0.0290. The van der Waals surface area contributed by atoms with Crippen LogP contribution in [0.2, 0.25) is 0 Å². The van der Waals surface area contributed by atoms with Crippen LogP contribution >= 0.6 is 0 Å². The Hall–Kier alpha value is -2.98. The van der Waals surface area contributed by atoms with Crippen molar-refractivity contribution < 1.29 is 18.7 Å². The number of ether oxygens (including phenoxy) is 1. The van der Waals surface area contributed by atoms with Crippen molar-refractivity contribution in [3.8, 4) is 0 Å². The maximum atomic E-state index is 13.7. The second kappa shape index (κ2) is 10.8. The Bertz CT molecular complexity index is 1110. The van der Waals surface area contributed by atoms with E-state index in [9.17, 15) is 14.0 Å². The lowest BCUT2D eigenvalue weighted by atomic mass is 9.99. The fourth-order valence-corrected chi connectivity index (χ4v) is 5.64. The van der Waals surface area contributed by atoms with E-state index in [0.29, 0.717) is 30.4 Å². The van der Waals surface area contributed by atoms with E-state index in [4.69, 9.17) is 4.74 Å². The Balaban J connectivity index is 0.00000320. The van der Waals surface area contributed by atoms with Gasteiger partial charge in [0.25, 0.3) is 5.91 Å². The van der Waals surface area contributed by atoms with Crippen molar-refractivity contribution in [3.05, 3.63) is 46.9 Å². The number of piperazine rings is 1. The summed E-state index contributed by atoms with van der Waals surface area (Å²) in [6.45, 7) is 11.6. The van der Waals surface area contributed by atoms with E-state index in [0.717, 1.165) is 56.9 Å². The van der Waals surface area contributed by atoms with Crippen molar-refractivity contribution in [2.75, 3.05) is 44.7 Å². The molecule has 1 aromatic carbocycles. The number of carbonyl (C=O) groups excluding carboxylic acids is 2. The third-order valence-electron chi connectivity index (χ3n) is 7.85. The normalized spacial score (nSPS) is 21.9. The number of urea groups is 1. The molecule has 0 spiro atoms. The van der Waals surface area contributed by atoms with Crippen LogP contribution in [0.1, 0.15) is 62.7 Å². The average Bonchev–Trinajstić information content (AvgIpc) is 3.37. The number of anilines is 1. The topological polar surface area (TPSA) is 93.8 Å². The number of carbonyl (C=O) groups is 2. The summed E-state index contributed by atoms with van der Waals surface area (Å²) < 4.78 is 18.7. The maximum Gasteiger partial charge on any atom is 0.321 e. The molecule has 2 saturated heterocycles. The molecule has 9 nitrogen and oxygen atoms in total. The standard InChI is InChI=1S/C26H35FN6O3.CH4/c1-17-14-31(15-18-8-12-36-13-9-18)10-11-32(17)25(35)33-16-21-22(26(33,2)3)29-30-23(21)28-24(34)19-4-6-20(27)7-5-19;/h4-7,17-18H,8-16H2,1-3H3,(H2,28,29,30,34);1H4/t17-;/m0./s1. The van der Waals surface area contributed by atoms with Crippen LogP contribution in [0.4, 0.5) is 15.0 Å². The van der Waals surface area contributed by atoms with Crippen LogP contribution in [0.5, 0.6) is 0 Å². The van der Waals surface area contributed by atoms with Crippen molar-refractivity contribution >= 4 is 17.8 Å². The van der Waals surface area contributed by atoms with Gasteiger partial charge < -0.3 is 19.9 Å². The number of fused-ring (bicyclic) bond motifs is 1. The first-order valence-corrected chi connectivity index (χ1v) is 12.8. The van der Waals surface area contributed by atoms with Crippen molar-refractivity contribution in [1.29, 1.82) is 0 Å². The Kier molecular flexibility index (Phi) is 7.89. The van der Waals surface area contributed by atoms with Crippen molar-refractivity contribution in [2.24, 2.45) is 5.92 Å². The van der Waals surface area contributed by atoms with Crippen LogP contribution in [0.15, 0.2) is 24.3 Å². The summed E-state index contributed by atoms with van der Waals surface area (Å²) >= 11 is 0. The van der Waals surface area contributed by atoms with Crippen molar-refractivity contribution in [1.82, 2.24) is 24.9 Å². The van der Waals surface area contributed by atoms with Gasteiger partial charge in [-0.25, -0.2) is 9.18 Å². The highest BCUT2D eigenvalue weighted by Crippen LogP contribution is 2.41. The minimum absolute atomic E-state index is 0. The van der Waals surface area contributed by atoms with Crippen LogP contribution in [-0.2, 0) is 16.8 Å². The molecule has 2 aromatic rings. The minimum Gasteiger partial charge on any atom is -0.381 e. The first kappa shape index (κ1) is 27.1. The van der Waals surface area contributed by atoms with E-state index in [1.54, 1.807) is 0 Å². The zero-order valence-corrected chi connectivity index (χ0v) is 21.2. The minimum atomic E-state index is -0.600. The van der Waals surface area contributed by atoms with Gasteiger partial charge in [-0.2, -0.15) is 5.10 Å². The number of benzene rings is 1. The first-order chi connectivity index (χ1) is 17.2. The van der Waals surface area contributed by atoms with Gasteiger partial charge in [-0.05, 0) is 63.8 Å². The van der Waals surface area contributed by atoms with Crippen LogP contribution in [0, 0.1) is 11.7 Å². The van der Waals surface area contributed by atoms with Gasteiger partial charge in [0.1, 0.15) is 5.82 Å². The van der Waals surface area contributed by atoms with Gasteiger partial charge in [-0.15, -0.1) is 0 Å².